The molecule has 0 fully saturated rings. The van der Waals surface area contributed by atoms with E-state index in [-0.39, 0.29) is 5.91 Å². The number of nitrogens with one attached hydrogen (secondary N) is 1. The van der Waals surface area contributed by atoms with Crippen LogP contribution in [0.15, 0.2) is 73.1 Å². The Morgan fingerprint density at radius 3 is 2.71 bits per heavy atom. The van der Waals surface area contributed by atoms with Crippen molar-refractivity contribution >= 4 is 28.4 Å². The van der Waals surface area contributed by atoms with Crippen LogP contribution < -0.4 is 5.32 Å². The molecular formula is C18H14N2O. The fourth-order valence-electron chi connectivity index (χ4n) is 2.08. The van der Waals surface area contributed by atoms with Gasteiger partial charge < -0.3 is 5.32 Å². The van der Waals surface area contributed by atoms with E-state index in [4.69, 9.17) is 0 Å². The molecule has 0 atom stereocenters. The highest BCUT2D eigenvalue weighted by atomic mass is 16.1. The first kappa shape index (κ1) is 13.1. The molecule has 0 spiro atoms. The van der Waals surface area contributed by atoms with Gasteiger partial charge in [-0.15, -0.1) is 0 Å². The molecule has 2 aromatic carbocycles. The predicted octanol–water partition coefficient (Wildman–Crippen LogP) is 3.89. The molecule has 3 aromatic rings. The Morgan fingerprint density at radius 1 is 1.00 bits per heavy atom. The SMILES string of the molecule is O=C(/C=C/c1ccccc1)Nc1ccc2cnccc2c1. The summed E-state index contributed by atoms with van der Waals surface area (Å²) in [5, 5.41) is 4.96. The lowest BCUT2D eigenvalue weighted by Gasteiger charge is -2.04. The molecule has 3 heteroatoms. The van der Waals surface area contributed by atoms with E-state index in [1.165, 1.54) is 6.08 Å². The lowest BCUT2D eigenvalue weighted by molar-refractivity contribution is -0.111. The number of aromatic nitrogens is 1. The zero-order chi connectivity index (χ0) is 14.5. The second-order valence-electron chi connectivity index (χ2n) is 4.67. The van der Waals surface area contributed by atoms with Crippen molar-refractivity contribution in [2.75, 3.05) is 5.32 Å². The van der Waals surface area contributed by atoms with Crippen molar-refractivity contribution in [3.05, 3.63) is 78.6 Å². The highest BCUT2D eigenvalue weighted by Crippen LogP contribution is 2.17. The minimum Gasteiger partial charge on any atom is -0.322 e. The molecular weight excluding hydrogens is 260 g/mol. The maximum atomic E-state index is 11.9. The number of rotatable bonds is 3. The summed E-state index contributed by atoms with van der Waals surface area (Å²) in [4.78, 5) is 16.0. The molecule has 0 saturated heterocycles. The second kappa shape index (κ2) is 6.01. The lowest BCUT2D eigenvalue weighted by atomic mass is 10.1. The van der Waals surface area contributed by atoms with E-state index in [1.807, 2.05) is 54.6 Å². The zero-order valence-corrected chi connectivity index (χ0v) is 11.4. The molecule has 0 unspecified atom stereocenters. The number of hydrogen-bond acceptors (Lipinski definition) is 2. The molecule has 1 amide bonds. The first-order chi connectivity index (χ1) is 10.3. The third-order valence-electron chi connectivity index (χ3n) is 3.13. The highest BCUT2D eigenvalue weighted by molar-refractivity contribution is 6.03. The van der Waals surface area contributed by atoms with Gasteiger partial charge in [0.2, 0.25) is 5.91 Å². The molecule has 102 valence electrons. The molecule has 1 N–H and O–H groups in total. The topological polar surface area (TPSA) is 42.0 Å². The largest absolute Gasteiger partial charge is 0.322 e. The van der Waals surface area contributed by atoms with Crippen LogP contribution in [0.4, 0.5) is 5.69 Å². The maximum Gasteiger partial charge on any atom is 0.248 e. The number of nitrogens with zero attached hydrogens (tertiary/aromatic N) is 1. The van der Waals surface area contributed by atoms with E-state index >= 15 is 0 Å². The van der Waals surface area contributed by atoms with Crippen molar-refractivity contribution in [3.8, 4) is 0 Å². The zero-order valence-electron chi connectivity index (χ0n) is 11.4. The number of carbonyl (C=O) groups is 1. The van der Waals surface area contributed by atoms with Gasteiger partial charge in [-0.3, -0.25) is 9.78 Å². The summed E-state index contributed by atoms with van der Waals surface area (Å²) >= 11 is 0. The third-order valence-corrected chi connectivity index (χ3v) is 3.13. The monoisotopic (exact) mass is 274 g/mol. The van der Waals surface area contributed by atoms with Crippen LogP contribution in [0.5, 0.6) is 0 Å². The smallest absolute Gasteiger partial charge is 0.248 e. The number of pyridine rings is 1. The molecule has 0 saturated carbocycles. The van der Waals surface area contributed by atoms with Crippen molar-refractivity contribution < 1.29 is 4.79 Å². The average molecular weight is 274 g/mol. The van der Waals surface area contributed by atoms with Gasteiger partial charge in [0.1, 0.15) is 0 Å². The molecule has 1 aromatic heterocycles. The molecule has 0 aliphatic rings. The molecule has 0 aliphatic carbocycles. The number of fused-ring (bicyclic) bond motifs is 1. The lowest BCUT2D eigenvalue weighted by Crippen LogP contribution is -2.07. The summed E-state index contributed by atoms with van der Waals surface area (Å²) in [6.07, 6.45) is 6.87. The summed E-state index contributed by atoms with van der Waals surface area (Å²) in [6, 6.07) is 17.4. The number of amides is 1. The Kier molecular flexibility index (Phi) is 3.74. The van der Waals surface area contributed by atoms with Crippen molar-refractivity contribution in [1.29, 1.82) is 0 Å². The van der Waals surface area contributed by atoms with Gasteiger partial charge in [-0.1, -0.05) is 36.4 Å². The van der Waals surface area contributed by atoms with Crippen LogP contribution in [0.3, 0.4) is 0 Å². The molecule has 0 bridgehead atoms. The molecule has 3 rings (SSSR count). The maximum absolute atomic E-state index is 11.9. The molecule has 0 aliphatic heterocycles. The fraction of sp³-hybridized carbons (Fsp3) is 0. The number of hydrogen-bond donors (Lipinski definition) is 1. The summed E-state index contributed by atoms with van der Waals surface area (Å²) < 4.78 is 0. The quantitative estimate of drug-likeness (QED) is 0.736. The van der Waals surface area contributed by atoms with Crippen molar-refractivity contribution in [2.45, 2.75) is 0 Å². The first-order valence-electron chi connectivity index (χ1n) is 6.69. The van der Waals surface area contributed by atoms with Gasteiger partial charge in [-0.25, -0.2) is 0 Å². The average Bonchev–Trinajstić information content (AvgIpc) is 2.54. The van der Waals surface area contributed by atoms with E-state index in [1.54, 1.807) is 18.5 Å². The van der Waals surface area contributed by atoms with Crippen LogP contribution in [0.1, 0.15) is 5.56 Å². The summed E-state index contributed by atoms with van der Waals surface area (Å²) in [5.41, 5.74) is 1.77. The third kappa shape index (κ3) is 3.34. The van der Waals surface area contributed by atoms with E-state index in [2.05, 4.69) is 10.3 Å². The van der Waals surface area contributed by atoms with Gasteiger partial charge in [0.15, 0.2) is 0 Å². The fourth-order valence-corrected chi connectivity index (χ4v) is 2.08. The molecule has 1 heterocycles. The van der Waals surface area contributed by atoms with Crippen molar-refractivity contribution in [3.63, 3.8) is 0 Å². The van der Waals surface area contributed by atoms with E-state index in [0.29, 0.717) is 0 Å². The van der Waals surface area contributed by atoms with Crippen LogP contribution in [0, 0.1) is 0 Å². The van der Waals surface area contributed by atoms with Crippen molar-refractivity contribution in [1.82, 2.24) is 4.98 Å². The van der Waals surface area contributed by atoms with E-state index in [9.17, 15) is 4.79 Å². The number of carbonyl (C=O) groups excluding carboxylic acids is 1. The normalized spacial score (nSPS) is 10.9. The molecule has 0 radical (unpaired) electrons. The number of anilines is 1. The van der Waals surface area contributed by atoms with Crippen LogP contribution in [-0.2, 0) is 4.79 Å². The Morgan fingerprint density at radius 2 is 1.86 bits per heavy atom. The van der Waals surface area contributed by atoms with Gasteiger partial charge >= 0.3 is 0 Å². The van der Waals surface area contributed by atoms with Gasteiger partial charge in [0, 0.05) is 29.5 Å². The Labute approximate surface area is 123 Å². The van der Waals surface area contributed by atoms with E-state index in [0.717, 1.165) is 22.0 Å². The summed E-state index contributed by atoms with van der Waals surface area (Å²) in [5.74, 6) is -0.146. The Bertz CT molecular complexity index is 794. The van der Waals surface area contributed by atoms with Crippen LogP contribution >= 0.6 is 0 Å². The minimum atomic E-state index is -0.146. The highest BCUT2D eigenvalue weighted by Gasteiger charge is 1.99. The summed E-state index contributed by atoms with van der Waals surface area (Å²) in [6.45, 7) is 0. The first-order valence-corrected chi connectivity index (χ1v) is 6.69. The summed E-state index contributed by atoms with van der Waals surface area (Å²) in [7, 11) is 0. The van der Waals surface area contributed by atoms with Crippen LogP contribution in [0.25, 0.3) is 16.8 Å². The number of benzene rings is 2. The minimum absolute atomic E-state index is 0.146. The Hall–Kier alpha value is -2.94. The standard InChI is InChI=1S/C18H14N2O/c21-18(9-6-14-4-2-1-3-5-14)20-17-8-7-16-13-19-11-10-15(16)12-17/h1-13H,(H,20,21)/b9-6+. The predicted molar refractivity (Wildman–Crippen MR) is 85.8 cm³/mol. The molecule has 3 nitrogen and oxygen atoms in total. The van der Waals surface area contributed by atoms with Gasteiger partial charge in [-0.2, -0.15) is 0 Å². The Balaban J connectivity index is 1.73. The second-order valence-corrected chi connectivity index (χ2v) is 4.67. The van der Waals surface area contributed by atoms with Gasteiger partial charge in [0.25, 0.3) is 0 Å². The molecule has 21 heavy (non-hydrogen) atoms. The van der Waals surface area contributed by atoms with Gasteiger partial charge in [0.05, 0.1) is 0 Å². The van der Waals surface area contributed by atoms with Crippen LogP contribution in [0.2, 0.25) is 0 Å². The van der Waals surface area contributed by atoms with Gasteiger partial charge in [-0.05, 0) is 35.2 Å². The van der Waals surface area contributed by atoms with Crippen molar-refractivity contribution in [2.24, 2.45) is 0 Å². The van der Waals surface area contributed by atoms with E-state index < -0.39 is 0 Å². The van der Waals surface area contributed by atoms with Crippen LogP contribution in [-0.4, -0.2) is 10.9 Å².